The van der Waals surface area contributed by atoms with Gasteiger partial charge in [0.2, 0.25) is 0 Å². The molecule has 6 heteroatoms. The van der Waals surface area contributed by atoms with Gasteiger partial charge in [-0.15, -0.1) is 0 Å². The molecule has 1 N–H and O–H groups in total. The van der Waals surface area contributed by atoms with Crippen LogP contribution >= 0.6 is 0 Å². The number of carboxylic acid groups (broad SMARTS) is 1. The lowest BCUT2D eigenvalue weighted by Crippen LogP contribution is -2.48. The van der Waals surface area contributed by atoms with Crippen molar-refractivity contribution in [2.45, 2.75) is 70.7 Å². The average molecular weight is 316 g/mol. The summed E-state index contributed by atoms with van der Waals surface area (Å²) in [6.45, 7) is 12.7. The van der Waals surface area contributed by atoms with Gasteiger partial charge in [-0.05, 0) is 30.6 Å². The molecule has 3 atom stereocenters. The molecule has 0 bridgehead atoms. The highest BCUT2D eigenvalue weighted by Crippen LogP contribution is 2.39. The summed E-state index contributed by atoms with van der Waals surface area (Å²) in [7, 11) is -0.350. The molecule has 1 rings (SSSR count). The monoisotopic (exact) mass is 316 g/mol. The fraction of sp³-hybridized carbons (Fsp3) is 0.800. The van der Waals surface area contributed by atoms with E-state index < -0.39 is 14.3 Å². The molecule has 1 aliphatic rings. The summed E-state index contributed by atoms with van der Waals surface area (Å²) >= 11 is 0. The maximum Gasteiger partial charge on any atom is 0.328 e. The van der Waals surface area contributed by atoms with Gasteiger partial charge in [-0.2, -0.15) is 0 Å². The van der Waals surface area contributed by atoms with E-state index in [-0.39, 0.29) is 23.5 Å². The number of carboxylic acids is 1. The molecule has 1 saturated heterocycles. The third-order valence-corrected chi connectivity index (χ3v) is 8.88. The lowest BCUT2D eigenvalue weighted by Gasteiger charge is -2.43. The summed E-state index contributed by atoms with van der Waals surface area (Å²) in [6.07, 6.45) is 0.749. The molecule has 1 fully saturated rings. The van der Waals surface area contributed by atoms with Gasteiger partial charge >= 0.3 is 5.97 Å². The lowest BCUT2D eigenvalue weighted by atomic mass is 9.98. The molecule has 0 spiro atoms. The first-order chi connectivity index (χ1) is 9.48. The zero-order chi connectivity index (χ0) is 16.4. The standard InChI is InChI=1S/C15H28O5Si/c1-10-11(8-13(16)17)12(18-5)9-14(19-10)20-21(6,7)15(2,3)4/h8,10,12,14H,9H2,1-7H3,(H,16,17)/b11-8-/t10-,12-,14-/m0/s1. The van der Waals surface area contributed by atoms with E-state index in [2.05, 4.69) is 33.9 Å². The Morgan fingerprint density at radius 3 is 2.43 bits per heavy atom. The zero-order valence-electron chi connectivity index (χ0n) is 14.1. The van der Waals surface area contributed by atoms with Crippen LogP contribution in [0, 0.1) is 0 Å². The van der Waals surface area contributed by atoms with Crippen molar-refractivity contribution in [3.05, 3.63) is 11.6 Å². The van der Waals surface area contributed by atoms with Gasteiger partial charge in [-0.1, -0.05) is 20.8 Å². The predicted molar refractivity (Wildman–Crippen MR) is 83.7 cm³/mol. The van der Waals surface area contributed by atoms with Crippen LogP contribution in [0.1, 0.15) is 34.1 Å². The first kappa shape index (κ1) is 18.4. The van der Waals surface area contributed by atoms with Gasteiger partial charge in [0.15, 0.2) is 14.6 Å². The van der Waals surface area contributed by atoms with Crippen molar-refractivity contribution in [2.24, 2.45) is 0 Å². The second-order valence-corrected chi connectivity index (χ2v) is 11.8. The molecular weight excluding hydrogens is 288 g/mol. The molecule has 21 heavy (non-hydrogen) atoms. The summed E-state index contributed by atoms with van der Waals surface area (Å²) in [6, 6.07) is 0. The molecule has 1 aliphatic heterocycles. The molecule has 0 aliphatic carbocycles. The molecular formula is C15H28O5Si. The maximum atomic E-state index is 10.9. The molecule has 0 aromatic heterocycles. The smallest absolute Gasteiger partial charge is 0.328 e. The van der Waals surface area contributed by atoms with Gasteiger partial charge < -0.3 is 19.0 Å². The minimum Gasteiger partial charge on any atom is -0.478 e. The van der Waals surface area contributed by atoms with Crippen molar-refractivity contribution < 1.29 is 23.8 Å². The minimum atomic E-state index is -1.93. The Labute approximate surface area is 128 Å². The Hall–Kier alpha value is -0.693. The highest BCUT2D eigenvalue weighted by Gasteiger charge is 2.42. The second-order valence-electron chi connectivity index (χ2n) is 7.03. The third-order valence-electron chi connectivity index (χ3n) is 4.41. The number of hydrogen-bond acceptors (Lipinski definition) is 4. The Morgan fingerprint density at radius 1 is 1.43 bits per heavy atom. The largest absolute Gasteiger partial charge is 0.478 e. The van der Waals surface area contributed by atoms with Crippen LogP contribution in [0.5, 0.6) is 0 Å². The normalized spacial score (nSPS) is 29.7. The number of ether oxygens (including phenoxy) is 2. The Balaban J connectivity index is 2.86. The number of aliphatic carboxylic acids is 1. The van der Waals surface area contributed by atoms with E-state index in [1.807, 2.05) is 6.92 Å². The first-order valence-electron chi connectivity index (χ1n) is 7.28. The minimum absolute atomic E-state index is 0.0966. The Kier molecular flexibility index (Phi) is 5.77. The highest BCUT2D eigenvalue weighted by atomic mass is 28.4. The van der Waals surface area contributed by atoms with Crippen molar-refractivity contribution in [2.75, 3.05) is 7.11 Å². The van der Waals surface area contributed by atoms with Gasteiger partial charge in [0.1, 0.15) is 0 Å². The summed E-state index contributed by atoms with van der Waals surface area (Å²) in [5.41, 5.74) is 0.653. The SMILES string of the molecule is CO[C@H]1C[C@H](O[Si](C)(C)C(C)(C)C)O[C@@H](C)/C1=C/C(=O)O. The van der Waals surface area contributed by atoms with Gasteiger partial charge in [-0.3, -0.25) is 0 Å². The van der Waals surface area contributed by atoms with E-state index >= 15 is 0 Å². The molecule has 0 aromatic carbocycles. The van der Waals surface area contributed by atoms with Gasteiger partial charge in [0, 0.05) is 19.6 Å². The zero-order valence-corrected chi connectivity index (χ0v) is 15.1. The van der Waals surface area contributed by atoms with Crippen LogP contribution in [0.15, 0.2) is 11.6 Å². The summed E-state index contributed by atoms with van der Waals surface area (Å²) in [4.78, 5) is 10.9. The lowest BCUT2D eigenvalue weighted by molar-refractivity contribution is -0.156. The quantitative estimate of drug-likeness (QED) is 0.637. The van der Waals surface area contributed by atoms with Crippen LogP contribution in [-0.2, 0) is 18.7 Å². The van der Waals surface area contributed by atoms with Gasteiger partial charge in [-0.25, -0.2) is 4.79 Å². The second kappa shape index (κ2) is 6.60. The summed E-state index contributed by atoms with van der Waals surface area (Å²) in [5.74, 6) is -0.980. The van der Waals surface area contributed by atoms with Crippen LogP contribution in [-0.4, -0.2) is 45.0 Å². The maximum absolute atomic E-state index is 10.9. The Morgan fingerprint density at radius 2 is 2.00 bits per heavy atom. The van der Waals surface area contributed by atoms with E-state index in [1.165, 1.54) is 6.08 Å². The van der Waals surface area contributed by atoms with Crippen molar-refractivity contribution in [1.29, 1.82) is 0 Å². The number of methoxy groups -OCH3 is 1. The number of rotatable bonds is 4. The number of hydrogen-bond donors (Lipinski definition) is 1. The van der Waals surface area contributed by atoms with Crippen molar-refractivity contribution in [1.82, 2.24) is 0 Å². The summed E-state index contributed by atoms with van der Waals surface area (Å²) in [5, 5.41) is 9.04. The first-order valence-corrected chi connectivity index (χ1v) is 10.2. The van der Waals surface area contributed by atoms with Gasteiger partial charge in [0.25, 0.3) is 0 Å². The molecule has 0 radical (unpaired) electrons. The predicted octanol–water partition coefficient (Wildman–Crippen LogP) is 3.17. The topological polar surface area (TPSA) is 65.0 Å². The van der Waals surface area contributed by atoms with Crippen LogP contribution in [0.3, 0.4) is 0 Å². The van der Waals surface area contributed by atoms with E-state index in [4.69, 9.17) is 19.0 Å². The molecule has 0 amide bonds. The van der Waals surface area contributed by atoms with E-state index in [9.17, 15) is 4.79 Å². The molecule has 0 aromatic rings. The van der Waals surface area contributed by atoms with E-state index in [0.717, 1.165) is 0 Å². The van der Waals surface area contributed by atoms with Crippen molar-refractivity contribution in [3.63, 3.8) is 0 Å². The van der Waals surface area contributed by atoms with E-state index in [0.29, 0.717) is 12.0 Å². The van der Waals surface area contributed by atoms with Gasteiger partial charge in [0.05, 0.1) is 12.2 Å². The summed E-state index contributed by atoms with van der Waals surface area (Å²) < 4.78 is 17.6. The molecule has 1 heterocycles. The van der Waals surface area contributed by atoms with Crippen molar-refractivity contribution >= 4 is 14.3 Å². The average Bonchev–Trinajstić information content (AvgIpc) is 2.29. The number of carbonyl (C=O) groups is 1. The highest BCUT2D eigenvalue weighted by molar-refractivity contribution is 6.74. The Bertz CT molecular complexity index is 411. The molecule has 122 valence electrons. The van der Waals surface area contributed by atoms with Crippen molar-refractivity contribution in [3.8, 4) is 0 Å². The third kappa shape index (κ3) is 4.64. The fourth-order valence-electron chi connectivity index (χ4n) is 2.10. The molecule has 5 nitrogen and oxygen atoms in total. The van der Waals surface area contributed by atoms with E-state index in [1.54, 1.807) is 7.11 Å². The van der Waals surface area contributed by atoms with Crippen LogP contribution in [0.4, 0.5) is 0 Å². The van der Waals surface area contributed by atoms with Crippen LogP contribution < -0.4 is 0 Å². The molecule has 0 saturated carbocycles. The molecule has 0 unspecified atom stereocenters. The fourth-order valence-corrected chi connectivity index (χ4v) is 3.26. The van der Waals surface area contributed by atoms with Crippen LogP contribution in [0.25, 0.3) is 0 Å². The van der Waals surface area contributed by atoms with Crippen LogP contribution in [0.2, 0.25) is 18.1 Å².